The monoisotopic (exact) mass is 244 g/mol. The Morgan fingerprint density at radius 1 is 1.56 bits per heavy atom. The van der Waals surface area contributed by atoms with Crippen molar-refractivity contribution in [2.75, 3.05) is 31.1 Å². The molecule has 0 bridgehead atoms. The Labute approximate surface area is 103 Å². The topological polar surface area (TPSA) is 46.3 Å². The minimum absolute atomic E-state index is 0.296. The maximum absolute atomic E-state index is 11.8. The van der Waals surface area contributed by atoms with Crippen LogP contribution in [0, 0.1) is 11.8 Å². The van der Waals surface area contributed by atoms with Gasteiger partial charge in [0.1, 0.15) is 0 Å². The third kappa shape index (κ3) is 4.74. The minimum atomic E-state index is 0.296. The normalized spacial score (nSPS) is 20.8. The highest BCUT2D eigenvalue weighted by molar-refractivity contribution is 7.99. The van der Waals surface area contributed by atoms with Crippen LogP contribution in [-0.2, 0) is 4.79 Å². The SMILES string of the molecule is CC(C)CCSCC(=O)N1CCC(CN)C1. The molecule has 94 valence electrons. The molecule has 0 aromatic heterocycles. The van der Waals surface area contributed by atoms with E-state index in [0.29, 0.717) is 24.1 Å². The van der Waals surface area contributed by atoms with Crippen LogP contribution in [0.15, 0.2) is 0 Å². The molecule has 2 N–H and O–H groups in total. The molecule has 4 heteroatoms. The molecule has 1 aliphatic heterocycles. The van der Waals surface area contributed by atoms with E-state index in [0.717, 1.165) is 31.2 Å². The van der Waals surface area contributed by atoms with Gasteiger partial charge in [-0.25, -0.2) is 0 Å². The first-order valence-corrected chi connectivity index (χ1v) is 7.34. The summed E-state index contributed by atoms with van der Waals surface area (Å²) in [6, 6.07) is 0. The van der Waals surface area contributed by atoms with Crippen molar-refractivity contribution in [2.24, 2.45) is 17.6 Å². The molecular weight excluding hydrogens is 220 g/mol. The zero-order chi connectivity index (χ0) is 12.0. The molecule has 0 spiro atoms. The number of thioether (sulfide) groups is 1. The summed E-state index contributed by atoms with van der Waals surface area (Å²) in [7, 11) is 0. The summed E-state index contributed by atoms with van der Waals surface area (Å²) >= 11 is 1.76. The van der Waals surface area contributed by atoms with Crippen molar-refractivity contribution in [2.45, 2.75) is 26.7 Å². The third-order valence-electron chi connectivity index (χ3n) is 3.04. The van der Waals surface area contributed by atoms with Crippen LogP contribution >= 0.6 is 11.8 Å². The Morgan fingerprint density at radius 2 is 2.31 bits per heavy atom. The number of carbonyl (C=O) groups is 1. The van der Waals surface area contributed by atoms with E-state index in [1.807, 2.05) is 4.90 Å². The summed E-state index contributed by atoms with van der Waals surface area (Å²) < 4.78 is 0. The van der Waals surface area contributed by atoms with Crippen molar-refractivity contribution in [3.05, 3.63) is 0 Å². The fourth-order valence-corrected chi connectivity index (χ4v) is 2.96. The molecule has 1 amide bonds. The van der Waals surface area contributed by atoms with Crippen LogP contribution < -0.4 is 5.73 Å². The maximum atomic E-state index is 11.8. The fourth-order valence-electron chi connectivity index (χ4n) is 1.82. The highest BCUT2D eigenvalue weighted by atomic mass is 32.2. The summed E-state index contributed by atoms with van der Waals surface area (Å²) in [5, 5.41) is 0. The van der Waals surface area contributed by atoms with Crippen molar-refractivity contribution in [1.29, 1.82) is 0 Å². The van der Waals surface area contributed by atoms with E-state index in [2.05, 4.69) is 13.8 Å². The smallest absolute Gasteiger partial charge is 0.232 e. The van der Waals surface area contributed by atoms with Crippen LogP contribution in [0.5, 0.6) is 0 Å². The van der Waals surface area contributed by atoms with E-state index in [9.17, 15) is 4.79 Å². The molecule has 1 heterocycles. The quantitative estimate of drug-likeness (QED) is 0.722. The van der Waals surface area contributed by atoms with E-state index in [1.54, 1.807) is 11.8 Å². The van der Waals surface area contributed by atoms with Crippen molar-refractivity contribution in [3.63, 3.8) is 0 Å². The summed E-state index contributed by atoms with van der Waals surface area (Å²) in [6.45, 7) is 6.93. The van der Waals surface area contributed by atoms with Gasteiger partial charge < -0.3 is 10.6 Å². The Balaban J connectivity index is 2.11. The maximum Gasteiger partial charge on any atom is 0.232 e. The lowest BCUT2D eigenvalue weighted by Crippen LogP contribution is -2.31. The van der Waals surface area contributed by atoms with Crippen LogP contribution in [0.4, 0.5) is 0 Å². The Kier molecular flexibility index (Phi) is 6.21. The summed E-state index contributed by atoms with van der Waals surface area (Å²) in [4.78, 5) is 13.8. The van der Waals surface area contributed by atoms with Crippen LogP contribution in [0.3, 0.4) is 0 Å². The Hall–Kier alpha value is -0.220. The Morgan fingerprint density at radius 3 is 2.88 bits per heavy atom. The fraction of sp³-hybridized carbons (Fsp3) is 0.917. The molecule has 1 saturated heterocycles. The predicted octanol–water partition coefficient (Wildman–Crippen LogP) is 1.57. The van der Waals surface area contributed by atoms with Crippen LogP contribution in [-0.4, -0.2) is 41.9 Å². The van der Waals surface area contributed by atoms with E-state index in [-0.39, 0.29) is 0 Å². The summed E-state index contributed by atoms with van der Waals surface area (Å²) in [6.07, 6.45) is 2.28. The van der Waals surface area contributed by atoms with Crippen LogP contribution in [0.1, 0.15) is 26.7 Å². The van der Waals surface area contributed by atoms with Crippen molar-refractivity contribution >= 4 is 17.7 Å². The third-order valence-corrected chi connectivity index (χ3v) is 4.01. The predicted molar refractivity (Wildman–Crippen MR) is 70.5 cm³/mol. The number of rotatable bonds is 6. The molecule has 0 radical (unpaired) electrons. The largest absolute Gasteiger partial charge is 0.342 e. The van der Waals surface area contributed by atoms with Gasteiger partial charge in [-0.05, 0) is 37.0 Å². The average molecular weight is 244 g/mol. The van der Waals surface area contributed by atoms with Gasteiger partial charge in [-0.2, -0.15) is 11.8 Å². The number of nitrogens with two attached hydrogens (primary N) is 1. The molecule has 1 aliphatic rings. The summed E-state index contributed by atoms with van der Waals surface area (Å²) in [5.41, 5.74) is 5.61. The van der Waals surface area contributed by atoms with Gasteiger partial charge in [-0.15, -0.1) is 0 Å². The van der Waals surface area contributed by atoms with E-state index < -0.39 is 0 Å². The second-order valence-corrected chi connectivity index (χ2v) is 6.07. The molecule has 1 atom stereocenters. The van der Waals surface area contributed by atoms with Crippen molar-refractivity contribution < 1.29 is 4.79 Å². The number of hydrogen-bond acceptors (Lipinski definition) is 3. The van der Waals surface area contributed by atoms with Gasteiger partial charge in [0.2, 0.25) is 5.91 Å². The molecule has 0 saturated carbocycles. The average Bonchev–Trinajstić information content (AvgIpc) is 2.72. The first kappa shape index (κ1) is 13.8. The van der Waals surface area contributed by atoms with E-state index in [4.69, 9.17) is 5.73 Å². The van der Waals surface area contributed by atoms with Crippen molar-refractivity contribution in [1.82, 2.24) is 4.90 Å². The van der Waals surface area contributed by atoms with Gasteiger partial charge in [0.05, 0.1) is 5.75 Å². The molecule has 16 heavy (non-hydrogen) atoms. The number of hydrogen-bond donors (Lipinski definition) is 1. The van der Waals surface area contributed by atoms with Crippen LogP contribution in [0.2, 0.25) is 0 Å². The van der Waals surface area contributed by atoms with Crippen LogP contribution in [0.25, 0.3) is 0 Å². The minimum Gasteiger partial charge on any atom is -0.342 e. The van der Waals surface area contributed by atoms with Gasteiger partial charge in [0.25, 0.3) is 0 Å². The lowest BCUT2D eigenvalue weighted by molar-refractivity contribution is -0.127. The van der Waals surface area contributed by atoms with Gasteiger partial charge >= 0.3 is 0 Å². The van der Waals surface area contributed by atoms with E-state index in [1.165, 1.54) is 6.42 Å². The lowest BCUT2D eigenvalue weighted by Gasteiger charge is -2.16. The molecular formula is C12H24N2OS. The lowest BCUT2D eigenvalue weighted by atomic mass is 10.1. The molecule has 0 aromatic carbocycles. The van der Waals surface area contributed by atoms with Gasteiger partial charge in [-0.3, -0.25) is 4.79 Å². The highest BCUT2D eigenvalue weighted by Gasteiger charge is 2.24. The number of likely N-dealkylation sites (tertiary alicyclic amines) is 1. The Bertz CT molecular complexity index is 221. The van der Waals surface area contributed by atoms with Gasteiger partial charge in [-0.1, -0.05) is 13.8 Å². The first-order valence-electron chi connectivity index (χ1n) is 6.19. The van der Waals surface area contributed by atoms with E-state index >= 15 is 0 Å². The standard InChI is InChI=1S/C12H24N2OS/c1-10(2)4-6-16-9-12(15)14-5-3-11(7-13)8-14/h10-11H,3-9,13H2,1-2H3. The number of nitrogens with zero attached hydrogens (tertiary/aromatic N) is 1. The first-order chi connectivity index (χ1) is 7.63. The zero-order valence-corrected chi connectivity index (χ0v) is 11.3. The number of amides is 1. The van der Waals surface area contributed by atoms with Gasteiger partial charge in [0.15, 0.2) is 0 Å². The second kappa shape index (κ2) is 7.17. The highest BCUT2D eigenvalue weighted by Crippen LogP contribution is 2.17. The molecule has 1 fully saturated rings. The van der Waals surface area contributed by atoms with Gasteiger partial charge in [0, 0.05) is 13.1 Å². The second-order valence-electron chi connectivity index (χ2n) is 4.97. The zero-order valence-electron chi connectivity index (χ0n) is 10.4. The molecule has 1 unspecified atom stereocenters. The molecule has 3 nitrogen and oxygen atoms in total. The number of carbonyl (C=O) groups excluding carboxylic acids is 1. The molecule has 1 rings (SSSR count). The molecule has 0 aliphatic carbocycles. The molecule has 0 aromatic rings. The summed E-state index contributed by atoms with van der Waals surface area (Å²) in [5.74, 6) is 3.30. The van der Waals surface area contributed by atoms with Crippen molar-refractivity contribution in [3.8, 4) is 0 Å².